The van der Waals surface area contributed by atoms with Gasteiger partial charge in [0, 0.05) is 6.20 Å². The Morgan fingerprint density at radius 2 is 2.33 bits per heavy atom. The Morgan fingerprint density at radius 3 is 3.00 bits per heavy atom. The molecule has 1 N–H and O–H groups in total. The number of aliphatic carboxylic acids is 1. The third kappa shape index (κ3) is 2.34. The lowest BCUT2D eigenvalue weighted by Gasteiger charge is -2.08. The highest BCUT2D eigenvalue weighted by molar-refractivity contribution is 5.69. The first-order chi connectivity index (χ1) is 8.59. The molecule has 7 heteroatoms. The van der Waals surface area contributed by atoms with Gasteiger partial charge in [-0.3, -0.25) is 9.78 Å². The number of carbonyl (C=O) groups is 1. The van der Waals surface area contributed by atoms with Crippen molar-refractivity contribution in [1.29, 1.82) is 0 Å². The molecule has 0 amide bonds. The summed E-state index contributed by atoms with van der Waals surface area (Å²) in [4.78, 5) is 15.1. The molecule has 2 aromatic rings. The van der Waals surface area contributed by atoms with Gasteiger partial charge in [-0.1, -0.05) is 13.0 Å². The molecule has 0 saturated heterocycles. The fourth-order valence-corrected chi connectivity index (χ4v) is 1.55. The Balaban J connectivity index is 2.34. The molecule has 0 aliphatic rings. The summed E-state index contributed by atoms with van der Waals surface area (Å²) >= 11 is 0. The van der Waals surface area contributed by atoms with Crippen LogP contribution in [0.3, 0.4) is 0 Å². The van der Waals surface area contributed by atoms with Crippen LogP contribution in [0.1, 0.15) is 12.5 Å². The van der Waals surface area contributed by atoms with Crippen molar-refractivity contribution in [3.63, 3.8) is 0 Å². The highest BCUT2D eigenvalue weighted by atomic mass is 16.4. The predicted octanol–water partition coefficient (Wildman–Crippen LogP) is 0.764. The van der Waals surface area contributed by atoms with E-state index in [4.69, 9.17) is 5.11 Å². The van der Waals surface area contributed by atoms with Gasteiger partial charge in [-0.2, -0.15) is 0 Å². The molecule has 94 valence electrons. The molecule has 2 rings (SSSR count). The Labute approximate surface area is 103 Å². The molecule has 7 nitrogen and oxygen atoms in total. The monoisotopic (exact) mass is 247 g/mol. The maximum atomic E-state index is 10.8. The number of carboxylic acid groups (broad SMARTS) is 1. The molecule has 2 aromatic heterocycles. The van der Waals surface area contributed by atoms with E-state index in [1.54, 1.807) is 13.1 Å². The minimum atomic E-state index is -0.880. The summed E-state index contributed by atoms with van der Waals surface area (Å²) in [6.07, 6.45) is 1.65. The topological polar surface area (TPSA) is 93.8 Å². The van der Waals surface area contributed by atoms with Crippen molar-refractivity contribution in [3.8, 4) is 11.5 Å². The minimum absolute atomic E-state index is 0.216. The summed E-state index contributed by atoms with van der Waals surface area (Å²) in [7, 11) is 0. The molecule has 0 spiro atoms. The quantitative estimate of drug-likeness (QED) is 0.857. The van der Waals surface area contributed by atoms with Crippen LogP contribution in [0.2, 0.25) is 0 Å². The minimum Gasteiger partial charge on any atom is -0.481 e. The molecule has 0 radical (unpaired) electrons. The average molecular weight is 247 g/mol. The number of hydrogen-bond donors (Lipinski definition) is 1. The van der Waals surface area contributed by atoms with Gasteiger partial charge in [-0.15, -0.1) is 5.10 Å². The van der Waals surface area contributed by atoms with Crippen molar-refractivity contribution < 1.29 is 9.90 Å². The van der Waals surface area contributed by atoms with Crippen LogP contribution in [0.5, 0.6) is 0 Å². The second-order valence-corrected chi connectivity index (χ2v) is 4.09. The first-order valence-corrected chi connectivity index (χ1v) is 5.50. The number of tetrazole rings is 1. The zero-order valence-corrected chi connectivity index (χ0v) is 10.1. The lowest BCUT2D eigenvalue weighted by molar-refractivity contribution is -0.141. The van der Waals surface area contributed by atoms with Gasteiger partial charge in [-0.05, 0) is 29.0 Å². The number of aryl methyl sites for hydroxylation is 1. The molecule has 0 aromatic carbocycles. The molecule has 0 aliphatic heterocycles. The van der Waals surface area contributed by atoms with Gasteiger partial charge >= 0.3 is 5.97 Å². The molecular weight excluding hydrogens is 234 g/mol. The molecule has 1 unspecified atom stereocenters. The number of rotatable bonds is 4. The number of aromatic nitrogens is 5. The third-order valence-electron chi connectivity index (χ3n) is 2.62. The van der Waals surface area contributed by atoms with E-state index in [9.17, 15) is 4.79 Å². The van der Waals surface area contributed by atoms with Gasteiger partial charge in [0.25, 0.3) is 0 Å². The average Bonchev–Trinajstić information content (AvgIpc) is 2.77. The Morgan fingerprint density at radius 1 is 1.56 bits per heavy atom. The van der Waals surface area contributed by atoms with Crippen LogP contribution >= 0.6 is 0 Å². The van der Waals surface area contributed by atoms with Crippen LogP contribution in [0.15, 0.2) is 18.3 Å². The number of hydrogen-bond acceptors (Lipinski definition) is 5. The van der Waals surface area contributed by atoms with E-state index in [0.29, 0.717) is 11.5 Å². The van der Waals surface area contributed by atoms with Crippen LogP contribution < -0.4 is 0 Å². The summed E-state index contributed by atoms with van der Waals surface area (Å²) < 4.78 is 1.47. The fraction of sp³-hybridized carbons (Fsp3) is 0.364. The van der Waals surface area contributed by atoms with Crippen LogP contribution in [-0.4, -0.2) is 36.3 Å². The van der Waals surface area contributed by atoms with Crippen molar-refractivity contribution in [2.75, 3.05) is 0 Å². The normalized spacial score (nSPS) is 12.3. The molecule has 18 heavy (non-hydrogen) atoms. The maximum absolute atomic E-state index is 10.8. The van der Waals surface area contributed by atoms with E-state index < -0.39 is 11.9 Å². The number of nitrogens with zero attached hydrogens (tertiary/aromatic N) is 5. The fourth-order valence-electron chi connectivity index (χ4n) is 1.55. The molecule has 1 atom stereocenters. The number of pyridine rings is 1. The highest BCUT2D eigenvalue weighted by Crippen LogP contribution is 2.17. The molecule has 0 aliphatic carbocycles. The van der Waals surface area contributed by atoms with Gasteiger partial charge in [0.15, 0.2) is 0 Å². The number of carboxylic acids is 1. The molecule has 0 saturated carbocycles. The highest BCUT2D eigenvalue weighted by Gasteiger charge is 2.18. The van der Waals surface area contributed by atoms with Gasteiger partial charge < -0.3 is 5.11 Å². The lowest BCUT2D eigenvalue weighted by atomic mass is 10.2. The molecule has 0 bridgehead atoms. The maximum Gasteiger partial charge on any atom is 0.308 e. The molecule has 2 heterocycles. The lowest BCUT2D eigenvalue weighted by Crippen LogP contribution is -2.18. The molecular formula is C11H13N5O2. The first kappa shape index (κ1) is 12.2. The SMILES string of the molecule is Cc1cccnc1-c1nnnn1CC(C)C(=O)O. The van der Waals surface area contributed by atoms with Crippen molar-refractivity contribution in [1.82, 2.24) is 25.2 Å². The Kier molecular flexibility index (Phi) is 3.31. The summed E-state index contributed by atoms with van der Waals surface area (Å²) in [6, 6.07) is 3.73. The van der Waals surface area contributed by atoms with Crippen LogP contribution in [0.25, 0.3) is 11.5 Å². The van der Waals surface area contributed by atoms with Gasteiger partial charge in [-0.25, -0.2) is 4.68 Å². The van der Waals surface area contributed by atoms with E-state index in [1.165, 1.54) is 4.68 Å². The van der Waals surface area contributed by atoms with Crippen molar-refractivity contribution in [3.05, 3.63) is 23.9 Å². The predicted molar refractivity (Wildman–Crippen MR) is 62.6 cm³/mol. The van der Waals surface area contributed by atoms with Crippen LogP contribution in [0.4, 0.5) is 0 Å². The van der Waals surface area contributed by atoms with Crippen LogP contribution in [-0.2, 0) is 11.3 Å². The summed E-state index contributed by atoms with van der Waals surface area (Å²) in [5.41, 5.74) is 1.61. The smallest absolute Gasteiger partial charge is 0.308 e. The van der Waals surface area contributed by atoms with E-state index in [-0.39, 0.29) is 6.54 Å². The second kappa shape index (κ2) is 4.91. The van der Waals surface area contributed by atoms with Crippen molar-refractivity contribution in [2.45, 2.75) is 20.4 Å². The van der Waals surface area contributed by atoms with Gasteiger partial charge in [0.1, 0.15) is 5.69 Å². The first-order valence-electron chi connectivity index (χ1n) is 5.50. The van der Waals surface area contributed by atoms with E-state index in [2.05, 4.69) is 20.5 Å². The van der Waals surface area contributed by atoms with Crippen molar-refractivity contribution >= 4 is 5.97 Å². The zero-order chi connectivity index (χ0) is 13.1. The zero-order valence-electron chi connectivity index (χ0n) is 10.1. The second-order valence-electron chi connectivity index (χ2n) is 4.09. The van der Waals surface area contributed by atoms with E-state index in [0.717, 1.165) is 5.56 Å². The van der Waals surface area contributed by atoms with E-state index in [1.807, 2.05) is 19.1 Å². The summed E-state index contributed by atoms with van der Waals surface area (Å²) in [5.74, 6) is -0.952. The van der Waals surface area contributed by atoms with Gasteiger partial charge in [0.2, 0.25) is 5.82 Å². The van der Waals surface area contributed by atoms with Gasteiger partial charge in [0.05, 0.1) is 12.5 Å². The third-order valence-corrected chi connectivity index (χ3v) is 2.62. The summed E-state index contributed by atoms with van der Waals surface area (Å²) in [6.45, 7) is 3.73. The Hall–Kier alpha value is -2.31. The van der Waals surface area contributed by atoms with E-state index >= 15 is 0 Å². The standard InChI is InChI=1S/C11H13N5O2/c1-7-4-3-5-12-9(7)10-13-14-15-16(10)6-8(2)11(17)18/h3-5,8H,6H2,1-2H3,(H,17,18). The van der Waals surface area contributed by atoms with Crippen LogP contribution in [0, 0.1) is 12.8 Å². The van der Waals surface area contributed by atoms with Crippen molar-refractivity contribution in [2.24, 2.45) is 5.92 Å². The Bertz CT molecular complexity index is 566. The molecule has 0 fully saturated rings. The summed E-state index contributed by atoms with van der Waals surface area (Å²) in [5, 5.41) is 20.2. The largest absolute Gasteiger partial charge is 0.481 e.